The first kappa shape index (κ1) is 33.9. The van der Waals surface area contributed by atoms with Crippen molar-refractivity contribution in [2.75, 3.05) is 0 Å². The van der Waals surface area contributed by atoms with Crippen molar-refractivity contribution in [1.82, 2.24) is 0 Å². The number of hydrogen-bond donors (Lipinski definition) is 2. The van der Waals surface area contributed by atoms with Gasteiger partial charge in [-0.1, -0.05) is 141 Å². The predicted molar refractivity (Wildman–Crippen MR) is 195 cm³/mol. The predicted octanol–water partition coefficient (Wildman–Crippen LogP) is 14.1. The third kappa shape index (κ3) is 8.73. The molecule has 0 bridgehead atoms. The van der Waals surface area contributed by atoms with Crippen LogP contribution in [0.25, 0.3) is 11.1 Å². The summed E-state index contributed by atoms with van der Waals surface area (Å²) in [6.07, 6.45) is 36.3. The molecule has 0 aliphatic heterocycles. The summed E-state index contributed by atoms with van der Waals surface area (Å²) >= 11 is 0. The molecule has 2 aromatic rings. The van der Waals surface area contributed by atoms with Crippen LogP contribution in [0.2, 0.25) is 0 Å². The van der Waals surface area contributed by atoms with Gasteiger partial charge in [0.25, 0.3) is 0 Å². The van der Waals surface area contributed by atoms with Crippen LogP contribution >= 0.6 is 0 Å². The Bertz CT molecular complexity index is 1100. The summed E-state index contributed by atoms with van der Waals surface area (Å²) in [5, 5.41) is 24.7. The number of rotatable bonds is 5. The quantitative estimate of drug-likeness (QED) is 0.347. The minimum atomic E-state index is 0.425. The monoisotopic (exact) mass is 627 g/mol. The molecule has 2 aromatic carbocycles. The molecule has 4 fully saturated rings. The van der Waals surface area contributed by atoms with Crippen molar-refractivity contribution in [3.05, 3.63) is 46.5 Å². The van der Waals surface area contributed by atoms with Crippen LogP contribution in [0.1, 0.15) is 226 Å². The molecule has 2 heteroatoms. The van der Waals surface area contributed by atoms with E-state index in [9.17, 15) is 10.2 Å². The fourth-order valence-electron chi connectivity index (χ4n) is 9.98. The second-order valence-electron chi connectivity index (χ2n) is 16.2. The highest BCUT2D eigenvalue weighted by atomic mass is 16.3. The minimum Gasteiger partial charge on any atom is -0.507 e. The maximum atomic E-state index is 12.4. The SMILES string of the molecule is Oc1c(-c2cc(C3CCCCCCC3)cc(C3CCCCCCC3)c2O)cc(C2CCCCCCC2)cc1C1CCCCCCC1. The third-order valence-corrected chi connectivity index (χ3v) is 12.9. The Morgan fingerprint density at radius 3 is 0.826 bits per heavy atom. The van der Waals surface area contributed by atoms with Crippen LogP contribution in [0, 0.1) is 0 Å². The van der Waals surface area contributed by atoms with Gasteiger partial charge in [0.15, 0.2) is 0 Å². The van der Waals surface area contributed by atoms with Crippen molar-refractivity contribution in [3.8, 4) is 22.6 Å². The maximum Gasteiger partial charge on any atom is 0.127 e. The number of phenols is 2. The first-order chi connectivity index (χ1) is 22.7. The molecular formula is C44H66O2. The van der Waals surface area contributed by atoms with E-state index in [2.05, 4.69) is 24.3 Å². The Labute approximate surface area is 282 Å². The van der Waals surface area contributed by atoms with Gasteiger partial charge in [0, 0.05) is 11.1 Å². The Balaban J connectivity index is 1.48. The highest BCUT2D eigenvalue weighted by Gasteiger charge is 2.28. The van der Waals surface area contributed by atoms with E-state index >= 15 is 0 Å². The molecule has 4 aliphatic carbocycles. The molecule has 0 amide bonds. The third-order valence-electron chi connectivity index (χ3n) is 12.9. The Kier molecular flexibility index (Phi) is 12.9. The second kappa shape index (κ2) is 17.4. The highest BCUT2D eigenvalue weighted by molar-refractivity contribution is 5.80. The zero-order chi connectivity index (χ0) is 31.6. The molecule has 254 valence electrons. The highest BCUT2D eigenvalue weighted by Crippen LogP contribution is 2.50. The Hall–Kier alpha value is -1.96. The smallest absolute Gasteiger partial charge is 0.127 e. The van der Waals surface area contributed by atoms with E-state index in [1.807, 2.05) is 0 Å². The molecule has 0 aromatic heterocycles. The lowest BCUT2D eigenvalue weighted by Crippen LogP contribution is -2.09. The molecule has 0 heterocycles. The van der Waals surface area contributed by atoms with Gasteiger partial charge >= 0.3 is 0 Å². The average Bonchev–Trinajstić information content (AvgIpc) is 2.98. The largest absolute Gasteiger partial charge is 0.507 e. The van der Waals surface area contributed by atoms with Gasteiger partial charge in [0.05, 0.1) is 0 Å². The topological polar surface area (TPSA) is 40.5 Å². The summed E-state index contributed by atoms with van der Waals surface area (Å²) in [5.41, 5.74) is 7.15. The molecule has 0 radical (unpaired) electrons. The lowest BCUT2D eigenvalue weighted by atomic mass is 9.77. The summed E-state index contributed by atoms with van der Waals surface area (Å²) in [4.78, 5) is 0. The van der Waals surface area contributed by atoms with Crippen LogP contribution in [-0.4, -0.2) is 10.2 Å². The Morgan fingerprint density at radius 1 is 0.304 bits per heavy atom. The maximum absolute atomic E-state index is 12.4. The molecule has 6 rings (SSSR count). The molecule has 0 spiro atoms. The summed E-state index contributed by atoms with van der Waals surface area (Å²) < 4.78 is 0. The van der Waals surface area contributed by atoms with Crippen LogP contribution in [0.15, 0.2) is 24.3 Å². The van der Waals surface area contributed by atoms with Gasteiger partial charge in [0.1, 0.15) is 11.5 Å². The average molecular weight is 627 g/mol. The first-order valence-corrected chi connectivity index (χ1v) is 20.4. The van der Waals surface area contributed by atoms with E-state index in [-0.39, 0.29) is 0 Å². The number of benzene rings is 2. The molecule has 0 unspecified atom stereocenters. The second-order valence-corrected chi connectivity index (χ2v) is 16.2. The van der Waals surface area contributed by atoms with Crippen LogP contribution in [-0.2, 0) is 0 Å². The zero-order valence-electron chi connectivity index (χ0n) is 29.3. The number of phenolic OH excluding ortho intramolecular Hbond substituents is 2. The van der Waals surface area contributed by atoms with Gasteiger partial charge < -0.3 is 10.2 Å². The molecule has 4 saturated carbocycles. The lowest BCUT2D eigenvalue weighted by Gasteiger charge is -2.28. The van der Waals surface area contributed by atoms with E-state index in [4.69, 9.17) is 0 Å². The molecule has 0 saturated heterocycles. The van der Waals surface area contributed by atoms with Gasteiger partial charge in [-0.25, -0.2) is 0 Å². The molecule has 46 heavy (non-hydrogen) atoms. The summed E-state index contributed by atoms with van der Waals surface area (Å²) in [7, 11) is 0. The van der Waals surface area contributed by atoms with Crippen LogP contribution in [0.4, 0.5) is 0 Å². The number of aromatic hydroxyl groups is 2. The van der Waals surface area contributed by atoms with Gasteiger partial charge in [-0.15, -0.1) is 0 Å². The van der Waals surface area contributed by atoms with Crippen molar-refractivity contribution in [2.24, 2.45) is 0 Å². The first-order valence-electron chi connectivity index (χ1n) is 20.4. The van der Waals surface area contributed by atoms with E-state index in [0.717, 1.165) is 11.1 Å². The fraction of sp³-hybridized carbons (Fsp3) is 0.727. The van der Waals surface area contributed by atoms with E-state index in [1.165, 1.54) is 202 Å². The fourth-order valence-corrected chi connectivity index (χ4v) is 9.98. The number of hydrogen-bond acceptors (Lipinski definition) is 2. The lowest BCUT2D eigenvalue weighted by molar-refractivity contribution is 0.418. The normalized spacial score (nSPS) is 23.2. The van der Waals surface area contributed by atoms with Gasteiger partial charge in [-0.3, -0.25) is 0 Å². The van der Waals surface area contributed by atoms with Gasteiger partial charge in [-0.05, 0) is 109 Å². The zero-order valence-corrected chi connectivity index (χ0v) is 29.3. The summed E-state index contributed by atoms with van der Waals surface area (Å²) in [5.74, 6) is 2.94. The van der Waals surface area contributed by atoms with Crippen LogP contribution < -0.4 is 0 Å². The minimum absolute atomic E-state index is 0.425. The molecule has 4 aliphatic rings. The molecular weight excluding hydrogens is 560 g/mol. The van der Waals surface area contributed by atoms with Crippen LogP contribution in [0.3, 0.4) is 0 Å². The van der Waals surface area contributed by atoms with Crippen molar-refractivity contribution in [1.29, 1.82) is 0 Å². The molecule has 0 atom stereocenters. The standard InChI is InChI=1S/C44H66O2/c45-43-39(35-25-17-9-3-10-18-26-35)29-37(33-21-13-5-1-6-14-22-33)31-41(43)42-32-38(34-23-15-7-2-8-16-24-34)30-40(44(42)46)36-27-19-11-4-12-20-28-36/h29-36,45-46H,1-28H2. The van der Waals surface area contributed by atoms with Gasteiger partial charge in [0.2, 0.25) is 0 Å². The summed E-state index contributed by atoms with van der Waals surface area (Å²) in [6, 6.07) is 9.60. The van der Waals surface area contributed by atoms with Crippen molar-refractivity contribution >= 4 is 0 Å². The van der Waals surface area contributed by atoms with E-state index < -0.39 is 0 Å². The Morgan fingerprint density at radius 2 is 0.543 bits per heavy atom. The molecule has 2 N–H and O–H groups in total. The van der Waals surface area contributed by atoms with Gasteiger partial charge in [-0.2, -0.15) is 0 Å². The van der Waals surface area contributed by atoms with E-state index in [0.29, 0.717) is 35.2 Å². The molecule has 2 nitrogen and oxygen atoms in total. The van der Waals surface area contributed by atoms with E-state index in [1.54, 1.807) is 0 Å². The van der Waals surface area contributed by atoms with Crippen molar-refractivity contribution in [3.63, 3.8) is 0 Å². The summed E-state index contributed by atoms with van der Waals surface area (Å²) in [6.45, 7) is 0. The van der Waals surface area contributed by atoms with Crippen molar-refractivity contribution in [2.45, 2.75) is 203 Å². The van der Waals surface area contributed by atoms with Crippen molar-refractivity contribution < 1.29 is 10.2 Å². The van der Waals surface area contributed by atoms with Crippen LogP contribution in [0.5, 0.6) is 11.5 Å².